The lowest BCUT2D eigenvalue weighted by atomic mass is 10.1. The van der Waals surface area contributed by atoms with Crippen molar-refractivity contribution in [2.45, 2.75) is 26.0 Å². The highest BCUT2D eigenvalue weighted by Gasteiger charge is 2.37. The van der Waals surface area contributed by atoms with Gasteiger partial charge in [-0.2, -0.15) is 0 Å². The van der Waals surface area contributed by atoms with Crippen LogP contribution in [-0.4, -0.2) is 71.7 Å². The Morgan fingerprint density at radius 2 is 2.15 bits per heavy atom. The van der Waals surface area contributed by atoms with Crippen LogP contribution in [0.4, 0.5) is 10.1 Å². The lowest BCUT2D eigenvalue weighted by Gasteiger charge is -2.18. The van der Waals surface area contributed by atoms with Gasteiger partial charge < -0.3 is 29.7 Å². The van der Waals surface area contributed by atoms with Gasteiger partial charge in [0.05, 0.1) is 26.0 Å². The molecule has 1 saturated heterocycles. The monoisotopic (exact) mass is 472 g/mol. The number of anilines is 1. The molecule has 0 saturated carbocycles. The molecule has 1 fully saturated rings. The number of benzene rings is 1. The summed E-state index contributed by atoms with van der Waals surface area (Å²) in [6.45, 7) is 2.18. The summed E-state index contributed by atoms with van der Waals surface area (Å²) in [5.74, 6) is -1.04. The number of nitrogens with zero attached hydrogens (tertiary/aromatic N) is 3. The van der Waals surface area contributed by atoms with E-state index in [1.807, 2.05) is 6.92 Å². The Kier molecular flexibility index (Phi) is 6.92. The van der Waals surface area contributed by atoms with Crippen LogP contribution >= 0.6 is 0 Å². The van der Waals surface area contributed by atoms with Gasteiger partial charge in [-0.05, 0) is 25.1 Å². The van der Waals surface area contributed by atoms with Gasteiger partial charge in [-0.1, -0.05) is 0 Å². The van der Waals surface area contributed by atoms with E-state index in [9.17, 15) is 18.8 Å². The number of carbonyl (C=O) groups is 3. The smallest absolute Gasteiger partial charge is 0.268 e. The van der Waals surface area contributed by atoms with E-state index in [1.54, 1.807) is 12.1 Å². The molecule has 0 radical (unpaired) electrons. The third kappa shape index (κ3) is 4.79. The molecule has 4 rings (SSSR count). The molecule has 180 valence electrons. The molecule has 2 N–H and O–H groups in total. The standard InChI is InChI=1S/C23H25FN4O6/c1-2-33-21-4-3-15(11-26-21)34-19-5-7-28(23(19)32)14-9-16-17(18(24)10-14)12-27(22(16)31)13-20(30)25-6-8-29/h3-4,9-11,19,29H,2,5-8,12-13H2,1H3,(H,25,30)/t19-/m1/s1. The fourth-order valence-electron chi connectivity index (χ4n) is 3.97. The molecule has 2 aliphatic heterocycles. The Morgan fingerprint density at radius 1 is 1.32 bits per heavy atom. The molecule has 34 heavy (non-hydrogen) atoms. The zero-order valence-corrected chi connectivity index (χ0v) is 18.6. The third-order valence-corrected chi connectivity index (χ3v) is 5.56. The van der Waals surface area contributed by atoms with Crippen molar-refractivity contribution < 1.29 is 33.4 Å². The number of hydrogen-bond acceptors (Lipinski definition) is 7. The zero-order valence-electron chi connectivity index (χ0n) is 18.6. The van der Waals surface area contributed by atoms with Crippen LogP contribution in [-0.2, 0) is 16.1 Å². The lowest BCUT2D eigenvalue weighted by molar-refractivity contribution is -0.123. The number of fused-ring (bicyclic) bond motifs is 1. The minimum atomic E-state index is -0.765. The molecule has 2 aromatic rings. The van der Waals surface area contributed by atoms with Crippen LogP contribution in [0.25, 0.3) is 0 Å². The van der Waals surface area contributed by atoms with E-state index in [1.165, 1.54) is 28.1 Å². The van der Waals surface area contributed by atoms with Crippen LogP contribution in [0.2, 0.25) is 0 Å². The average molecular weight is 472 g/mol. The molecular weight excluding hydrogens is 447 g/mol. The van der Waals surface area contributed by atoms with Crippen molar-refractivity contribution >= 4 is 23.4 Å². The van der Waals surface area contributed by atoms with E-state index in [4.69, 9.17) is 14.6 Å². The molecule has 2 aliphatic rings. The summed E-state index contributed by atoms with van der Waals surface area (Å²) in [6, 6.07) is 6.01. The van der Waals surface area contributed by atoms with Crippen LogP contribution in [0.1, 0.15) is 29.3 Å². The highest BCUT2D eigenvalue weighted by molar-refractivity contribution is 6.03. The Balaban J connectivity index is 1.45. The summed E-state index contributed by atoms with van der Waals surface area (Å²) in [5.41, 5.74) is 0.568. The van der Waals surface area contributed by atoms with E-state index < -0.39 is 23.7 Å². The van der Waals surface area contributed by atoms with Crippen molar-refractivity contribution in [3.63, 3.8) is 0 Å². The summed E-state index contributed by atoms with van der Waals surface area (Å²) in [4.78, 5) is 44.3. The quantitative estimate of drug-likeness (QED) is 0.555. The summed E-state index contributed by atoms with van der Waals surface area (Å²) in [5, 5.41) is 11.3. The van der Waals surface area contributed by atoms with Gasteiger partial charge in [0.1, 0.15) is 18.1 Å². The minimum Gasteiger partial charge on any atom is -0.479 e. The fraction of sp³-hybridized carbons (Fsp3) is 0.391. The molecule has 0 aliphatic carbocycles. The topological polar surface area (TPSA) is 121 Å². The van der Waals surface area contributed by atoms with E-state index in [0.717, 1.165) is 0 Å². The van der Waals surface area contributed by atoms with Crippen molar-refractivity contribution in [3.05, 3.63) is 47.4 Å². The number of hydrogen-bond donors (Lipinski definition) is 2. The number of carbonyl (C=O) groups excluding carboxylic acids is 3. The minimum absolute atomic E-state index is 0.0444. The predicted molar refractivity (Wildman–Crippen MR) is 118 cm³/mol. The molecular formula is C23H25FN4O6. The van der Waals surface area contributed by atoms with Crippen molar-refractivity contribution in [1.82, 2.24) is 15.2 Å². The first kappa shape index (κ1) is 23.4. The highest BCUT2D eigenvalue weighted by atomic mass is 19.1. The van der Waals surface area contributed by atoms with Crippen molar-refractivity contribution in [1.29, 1.82) is 0 Å². The fourth-order valence-corrected chi connectivity index (χ4v) is 3.97. The van der Waals surface area contributed by atoms with Gasteiger partial charge in [-0.15, -0.1) is 0 Å². The molecule has 1 aromatic carbocycles. The summed E-state index contributed by atoms with van der Waals surface area (Å²) < 4.78 is 25.9. The van der Waals surface area contributed by atoms with E-state index in [2.05, 4.69) is 10.3 Å². The van der Waals surface area contributed by atoms with Gasteiger partial charge in [0.2, 0.25) is 11.8 Å². The predicted octanol–water partition coefficient (Wildman–Crippen LogP) is 0.868. The number of aliphatic hydroxyl groups is 1. The molecule has 3 heterocycles. The normalized spacial score (nSPS) is 17.2. The lowest BCUT2D eigenvalue weighted by Crippen LogP contribution is -2.38. The first-order valence-electron chi connectivity index (χ1n) is 11.0. The Hall–Kier alpha value is -3.73. The van der Waals surface area contributed by atoms with Crippen molar-refractivity contribution in [2.75, 3.05) is 37.7 Å². The average Bonchev–Trinajstić information content (AvgIpc) is 3.34. The number of amides is 3. The molecule has 0 spiro atoms. The Morgan fingerprint density at radius 3 is 2.85 bits per heavy atom. The molecule has 10 nitrogen and oxygen atoms in total. The number of ether oxygens (including phenoxy) is 2. The van der Waals surface area contributed by atoms with E-state index in [0.29, 0.717) is 31.2 Å². The van der Waals surface area contributed by atoms with Gasteiger partial charge >= 0.3 is 0 Å². The number of halogens is 1. The Bertz CT molecular complexity index is 1090. The summed E-state index contributed by atoms with van der Waals surface area (Å²) in [6.07, 6.45) is 1.09. The molecule has 3 amide bonds. The van der Waals surface area contributed by atoms with Crippen LogP contribution in [0.5, 0.6) is 11.6 Å². The van der Waals surface area contributed by atoms with Gasteiger partial charge in [-0.3, -0.25) is 14.4 Å². The number of pyridine rings is 1. The highest BCUT2D eigenvalue weighted by Crippen LogP contribution is 2.32. The van der Waals surface area contributed by atoms with Crippen molar-refractivity contribution in [2.24, 2.45) is 0 Å². The second kappa shape index (κ2) is 10.0. The molecule has 1 atom stereocenters. The van der Waals surface area contributed by atoms with Crippen molar-refractivity contribution in [3.8, 4) is 11.6 Å². The molecule has 11 heteroatoms. The second-order valence-electron chi connectivity index (χ2n) is 7.84. The number of aromatic nitrogens is 1. The van der Waals surface area contributed by atoms with Crippen LogP contribution in [0, 0.1) is 5.82 Å². The summed E-state index contributed by atoms with van der Waals surface area (Å²) >= 11 is 0. The first-order valence-corrected chi connectivity index (χ1v) is 11.0. The number of nitrogens with one attached hydrogen (secondary N) is 1. The van der Waals surface area contributed by atoms with Gasteiger partial charge in [-0.25, -0.2) is 9.37 Å². The van der Waals surface area contributed by atoms with Gasteiger partial charge in [0.15, 0.2) is 6.10 Å². The van der Waals surface area contributed by atoms with Gasteiger partial charge in [0.25, 0.3) is 11.8 Å². The van der Waals surface area contributed by atoms with Crippen LogP contribution in [0.3, 0.4) is 0 Å². The van der Waals surface area contributed by atoms with Crippen LogP contribution < -0.4 is 19.7 Å². The second-order valence-corrected chi connectivity index (χ2v) is 7.84. The number of aliphatic hydroxyl groups excluding tert-OH is 1. The SMILES string of the molecule is CCOc1ccc(O[C@@H]2CCN(c3cc(F)c4c(c3)C(=O)N(CC(=O)NCCO)C4)C2=O)cn1. The number of rotatable bonds is 9. The Labute approximate surface area is 195 Å². The van der Waals surface area contributed by atoms with Gasteiger partial charge in [0, 0.05) is 42.4 Å². The first-order chi connectivity index (χ1) is 16.4. The maximum atomic E-state index is 14.9. The molecule has 0 bridgehead atoms. The zero-order chi connectivity index (χ0) is 24.2. The molecule has 1 aromatic heterocycles. The molecule has 0 unspecified atom stereocenters. The van der Waals surface area contributed by atoms with E-state index >= 15 is 0 Å². The van der Waals surface area contributed by atoms with E-state index in [-0.39, 0.29) is 49.0 Å². The maximum Gasteiger partial charge on any atom is 0.268 e. The summed E-state index contributed by atoms with van der Waals surface area (Å²) in [7, 11) is 0. The largest absolute Gasteiger partial charge is 0.479 e. The third-order valence-electron chi connectivity index (χ3n) is 5.56. The van der Waals surface area contributed by atoms with Crippen LogP contribution in [0.15, 0.2) is 30.5 Å². The maximum absolute atomic E-state index is 14.9.